The molecule has 0 atom stereocenters. The van der Waals surface area contributed by atoms with Crippen molar-refractivity contribution in [2.75, 3.05) is 39.4 Å². The first-order valence-electron chi connectivity index (χ1n) is 5.97. The zero-order valence-electron chi connectivity index (χ0n) is 9.65. The third-order valence-corrected chi connectivity index (χ3v) is 2.84. The van der Waals surface area contributed by atoms with Gasteiger partial charge in [0.25, 0.3) is 0 Å². The maximum atomic E-state index is 5.31. The lowest BCUT2D eigenvalue weighted by atomic mass is 10.3. The van der Waals surface area contributed by atoms with E-state index in [1.54, 1.807) is 12.5 Å². The molecule has 1 aromatic rings. The minimum Gasteiger partial charge on any atom is -0.472 e. The van der Waals surface area contributed by atoms with Gasteiger partial charge in [0.15, 0.2) is 0 Å². The smallest absolute Gasteiger partial charge is 0.0947 e. The number of hydrogen-bond donors (Lipinski definition) is 1. The van der Waals surface area contributed by atoms with Crippen LogP contribution in [0.2, 0.25) is 0 Å². The van der Waals surface area contributed by atoms with Crippen LogP contribution in [0.1, 0.15) is 12.0 Å². The summed E-state index contributed by atoms with van der Waals surface area (Å²) in [6, 6.07) is 2.00. The van der Waals surface area contributed by atoms with Crippen LogP contribution in [-0.2, 0) is 11.3 Å². The quantitative estimate of drug-likeness (QED) is 0.734. The van der Waals surface area contributed by atoms with Crippen molar-refractivity contribution >= 4 is 0 Å². The number of nitrogens with one attached hydrogen (secondary N) is 1. The Morgan fingerprint density at radius 1 is 1.31 bits per heavy atom. The summed E-state index contributed by atoms with van der Waals surface area (Å²) >= 11 is 0. The second-order valence-corrected chi connectivity index (χ2v) is 4.12. The van der Waals surface area contributed by atoms with Crippen LogP contribution in [0, 0.1) is 0 Å². The molecule has 1 aliphatic heterocycles. The summed E-state index contributed by atoms with van der Waals surface area (Å²) in [4.78, 5) is 2.46. The fourth-order valence-corrected chi connectivity index (χ4v) is 1.88. The second kappa shape index (κ2) is 6.68. The lowest BCUT2D eigenvalue weighted by molar-refractivity contribution is 0.0374. The van der Waals surface area contributed by atoms with Crippen LogP contribution < -0.4 is 5.32 Å². The summed E-state index contributed by atoms with van der Waals surface area (Å²) in [5, 5.41) is 3.41. The van der Waals surface area contributed by atoms with Gasteiger partial charge in [-0.3, -0.25) is 4.90 Å². The Morgan fingerprint density at radius 2 is 2.19 bits per heavy atom. The van der Waals surface area contributed by atoms with Gasteiger partial charge in [0.1, 0.15) is 0 Å². The first-order chi connectivity index (χ1) is 7.95. The van der Waals surface area contributed by atoms with Crippen LogP contribution in [0.25, 0.3) is 0 Å². The monoisotopic (exact) mass is 224 g/mol. The Bertz CT molecular complexity index is 269. The number of furan rings is 1. The highest BCUT2D eigenvalue weighted by atomic mass is 16.5. The zero-order valence-corrected chi connectivity index (χ0v) is 9.65. The minimum absolute atomic E-state index is 0.891. The molecule has 0 spiro atoms. The van der Waals surface area contributed by atoms with Crippen molar-refractivity contribution < 1.29 is 9.15 Å². The molecule has 16 heavy (non-hydrogen) atoms. The van der Waals surface area contributed by atoms with Gasteiger partial charge in [0, 0.05) is 25.2 Å². The van der Waals surface area contributed by atoms with Gasteiger partial charge in [-0.25, -0.2) is 0 Å². The van der Waals surface area contributed by atoms with E-state index in [0.717, 1.165) is 39.4 Å². The van der Waals surface area contributed by atoms with E-state index in [4.69, 9.17) is 9.15 Å². The first kappa shape index (κ1) is 11.6. The van der Waals surface area contributed by atoms with Crippen LogP contribution in [0.3, 0.4) is 0 Å². The van der Waals surface area contributed by atoms with Gasteiger partial charge in [-0.2, -0.15) is 0 Å². The molecule has 0 saturated carbocycles. The maximum Gasteiger partial charge on any atom is 0.0947 e. The van der Waals surface area contributed by atoms with Gasteiger partial charge in [-0.15, -0.1) is 0 Å². The summed E-state index contributed by atoms with van der Waals surface area (Å²) in [6.45, 7) is 7.08. The van der Waals surface area contributed by atoms with Crippen LogP contribution >= 0.6 is 0 Å². The van der Waals surface area contributed by atoms with E-state index in [9.17, 15) is 0 Å². The average molecular weight is 224 g/mol. The summed E-state index contributed by atoms with van der Waals surface area (Å²) < 4.78 is 10.3. The highest BCUT2D eigenvalue weighted by molar-refractivity contribution is 5.04. The fourth-order valence-electron chi connectivity index (χ4n) is 1.88. The molecule has 0 aliphatic carbocycles. The fraction of sp³-hybridized carbons (Fsp3) is 0.667. The summed E-state index contributed by atoms with van der Waals surface area (Å²) in [5.74, 6) is 0. The predicted octanol–water partition coefficient (Wildman–Crippen LogP) is 1.09. The zero-order chi connectivity index (χ0) is 11.1. The van der Waals surface area contributed by atoms with E-state index in [1.165, 1.54) is 18.5 Å². The third-order valence-electron chi connectivity index (χ3n) is 2.84. The van der Waals surface area contributed by atoms with Crippen molar-refractivity contribution in [1.82, 2.24) is 10.2 Å². The Kier molecular flexibility index (Phi) is 4.86. The first-order valence-corrected chi connectivity index (χ1v) is 5.97. The van der Waals surface area contributed by atoms with Gasteiger partial charge in [0.05, 0.1) is 25.7 Å². The topological polar surface area (TPSA) is 37.6 Å². The van der Waals surface area contributed by atoms with Gasteiger partial charge < -0.3 is 14.5 Å². The second-order valence-electron chi connectivity index (χ2n) is 4.12. The minimum atomic E-state index is 0.891. The molecule has 1 N–H and O–H groups in total. The van der Waals surface area contributed by atoms with E-state index in [2.05, 4.69) is 10.2 Å². The molecule has 1 saturated heterocycles. The van der Waals surface area contributed by atoms with E-state index in [-0.39, 0.29) is 0 Å². The molecular weight excluding hydrogens is 204 g/mol. The molecule has 1 aliphatic rings. The molecule has 1 aromatic heterocycles. The van der Waals surface area contributed by atoms with Gasteiger partial charge in [-0.1, -0.05) is 0 Å². The molecule has 0 amide bonds. The van der Waals surface area contributed by atoms with Crippen LogP contribution in [-0.4, -0.2) is 44.3 Å². The number of nitrogens with zero attached hydrogens (tertiary/aromatic N) is 1. The van der Waals surface area contributed by atoms with Crippen molar-refractivity contribution in [1.29, 1.82) is 0 Å². The summed E-state index contributed by atoms with van der Waals surface area (Å²) in [5.41, 5.74) is 1.21. The molecule has 1 fully saturated rings. The lowest BCUT2D eigenvalue weighted by Crippen LogP contribution is -2.37. The molecule has 0 aromatic carbocycles. The van der Waals surface area contributed by atoms with E-state index in [0.29, 0.717) is 0 Å². The summed E-state index contributed by atoms with van der Waals surface area (Å²) in [6.07, 6.45) is 4.69. The Hall–Kier alpha value is -0.840. The molecule has 0 radical (unpaired) electrons. The molecule has 0 unspecified atom stereocenters. The molecule has 0 bridgehead atoms. The molecule has 90 valence electrons. The lowest BCUT2D eigenvalue weighted by Gasteiger charge is -2.26. The van der Waals surface area contributed by atoms with Crippen molar-refractivity contribution in [2.45, 2.75) is 13.0 Å². The molecular formula is C12H20N2O2. The van der Waals surface area contributed by atoms with Gasteiger partial charge in [0.2, 0.25) is 0 Å². The van der Waals surface area contributed by atoms with Gasteiger partial charge in [-0.05, 0) is 25.6 Å². The molecule has 4 heteroatoms. The SMILES string of the molecule is c1cc(CNCCCN2CCOCC2)co1. The Morgan fingerprint density at radius 3 is 2.94 bits per heavy atom. The number of morpholine rings is 1. The maximum absolute atomic E-state index is 5.31. The van der Waals surface area contributed by atoms with Crippen LogP contribution in [0.4, 0.5) is 0 Å². The van der Waals surface area contributed by atoms with Crippen molar-refractivity contribution in [3.8, 4) is 0 Å². The van der Waals surface area contributed by atoms with E-state index >= 15 is 0 Å². The van der Waals surface area contributed by atoms with Crippen molar-refractivity contribution in [3.63, 3.8) is 0 Å². The summed E-state index contributed by atoms with van der Waals surface area (Å²) in [7, 11) is 0. The number of rotatable bonds is 6. The van der Waals surface area contributed by atoms with Crippen molar-refractivity contribution in [2.24, 2.45) is 0 Å². The average Bonchev–Trinajstić information content (AvgIpc) is 2.83. The third kappa shape index (κ3) is 3.96. The molecule has 4 nitrogen and oxygen atoms in total. The number of ether oxygens (including phenoxy) is 1. The number of hydrogen-bond acceptors (Lipinski definition) is 4. The predicted molar refractivity (Wildman–Crippen MR) is 62.3 cm³/mol. The largest absolute Gasteiger partial charge is 0.472 e. The van der Waals surface area contributed by atoms with Crippen LogP contribution in [0.15, 0.2) is 23.0 Å². The molecule has 2 heterocycles. The van der Waals surface area contributed by atoms with Crippen LogP contribution in [0.5, 0.6) is 0 Å². The Balaban J connectivity index is 1.48. The van der Waals surface area contributed by atoms with Crippen molar-refractivity contribution in [3.05, 3.63) is 24.2 Å². The highest BCUT2D eigenvalue weighted by Crippen LogP contribution is 1.99. The van der Waals surface area contributed by atoms with E-state index in [1.807, 2.05) is 6.07 Å². The van der Waals surface area contributed by atoms with Gasteiger partial charge >= 0.3 is 0 Å². The normalized spacial score (nSPS) is 17.8. The van der Waals surface area contributed by atoms with E-state index < -0.39 is 0 Å². The Labute approximate surface area is 96.6 Å². The standard InChI is InChI=1S/C12H20N2O2/c1(4-14-5-8-15-9-6-14)3-13-10-12-2-7-16-11-12/h2,7,11,13H,1,3-6,8-10H2. The molecule has 2 rings (SSSR count). The highest BCUT2D eigenvalue weighted by Gasteiger charge is 2.08.